The van der Waals surface area contributed by atoms with E-state index in [2.05, 4.69) is 28.2 Å². The molecule has 0 aromatic heterocycles. The highest BCUT2D eigenvalue weighted by Crippen LogP contribution is 2.07. The molecule has 0 saturated heterocycles. The highest BCUT2D eigenvalue weighted by Gasteiger charge is 2.14. The quantitative estimate of drug-likeness (QED) is 0.293. The molecule has 0 amide bonds. The Kier molecular flexibility index (Phi) is 16.6. The summed E-state index contributed by atoms with van der Waals surface area (Å²) in [5.41, 5.74) is 0. The van der Waals surface area contributed by atoms with E-state index >= 15 is 0 Å². The molecule has 0 aromatic carbocycles. The Bertz CT molecular complexity index is 193. The third-order valence-corrected chi connectivity index (χ3v) is 3.69. The van der Waals surface area contributed by atoms with E-state index in [9.17, 15) is 0 Å². The molecule has 20 heavy (non-hydrogen) atoms. The molecule has 0 spiro atoms. The summed E-state index contributed by atoms with van der Waals surface area (Å²) < 4.78 is 1.84. The number of hydrogen-bond donors (Lipinski definition) is 2. The van der Waals surface area contributed by atoms with Crippen LogP contribution in [0.15, 0.2) is 0 Å². The van der Waals surface area contributed by atoms with Gasteiger partial charge in [0.2, 0.25) is 0 Å². The summed E-state index contributed by atoms with van der Waals surface area (Å²) in [5, 5.41) is 17.9. The van der Waals surface area contributed by atoms with Crippen molar-refractivity contribution in [3.8, 4) is 0 Å². The van der Waals surface area contributed by atoms with Crippen LogP contribution in [0.25, 0.3) is 0 Å². The first kappa shape index (κ1) is 25.4. The van der Waals surface area contributed by atoms with Gasteiger partial charge in [0.25, 0.3) is 0 Å². The van der Waals surface area contributed by atoms with E-state index in [-0.39, 0.29) is 38.0 Å². The Morgan fingerprint density at radius 3 is 1.10 bits per heavy atom. The number of aliphatic hydroxyl groups is 2. The largest absolute Gasteiger partial charge is 1.00 e. The first-order chi connectivity index (χ1) is 8.33. The number of quaternary nitrogens is 2. The van der Waals surface area contributed by atoms with Crippen LogP contribution in [-0.4, -0.2) is 86.8 Å². The lowest BCUT2D eigenvalue weighted by Crippen LogP contribution is -3.00. The van der Waals surface area contributed by atoms with Gasteiger partial charge in [-0.25, -0.2) is 0 Å². The van der Waals surface area contributed by atoms with E-state index in [1.807, 2.05) is 0 Å². The van der Waals surface area contributed by atoms with E-state index in [1.54, 1.807) is 0 Å². The van der Waals surface area contributed by atoms with Crippen LogP contribution in [0.4, 0.5) is 0 Å². The maximum atomic E-state index is 8.94. The van der Waals surface area contributed by atoms with E-state index in [4.69, 9.17) is 10.2 Å². The van der Waals surface area contributed by atoms with Gasteiger partial charge in [0.15, 0.2) is 0 Å². The van der Waals surface area contributed by atoms with Crippen LogP contribution >= 0.6 is 0 Å². The molecule has 0 unspecified atom stereocenters. The minimum Gasteiger partial charge on any atom is -1.00 e. The molecule has 4 nitrogen and oxygen atoms in total. The molecular weight excluding hydrogens is 299 g/mol. The average Bonchev–Trinajstić information content (AvgIpc) is 2.22. The minimum absolute atomic E-state index is 0. The van der Waals surface area contributed by atoms with Gasteiger partial charge in [0.05, 0.1) is 54.5 Å². The standard InChI is InChI=1S/C14H34N2O2.2ClH/c1-15(2,11-13-17)9-7-5-6-8-10-16(3,4)12-14-18;;/h17-18H,5-14H2,1-4H3;2*1H/q+2;;/p-2. The number of rotatable bonds is 11. The molecule has 0 aromatic rings. The van der Waals surface area contributed by atoms with Crippen molar-refractivity contribution >= 4 is 0 Å². The Morgan fingerprint density at radius 1 is 0.550 bits per heavy atom. The zero-order valence-corrected chi connectivity index (χ0v) is 15.1. The third-order valence-electron chi connectivity index (χ3n) is 3.69. The highest BCUT2D eigenvalue weighted by atomic mass is 35.5. The molecule has 0 saturated carbocycles. The second-order valence-corrected chi connectivity index (χ2v) is 6.63. The van der Waals surface area contributed by atoms with Crippen LogP contribution in [0.3, 0.4) is 0 Å². The number of aliphatic hydroxyl groups excluding tert-OH is 2. The van der Waals surface area contributed by atoms with Crippen LogP contribution in [0, 0.1) is 0 Å². The zero-order valence-electron chi connectivity index (χ0n) is 13.6. The first-order valence-corrected chi connectivity index (χ1v) is 7.19. The second-order valence-electron chi connectivity index (χ2n) is 6.63. The zero-order chi connectivity index (χ0) is 14.1. The molecule has 0 atom stereocenters. The molecule has 0 fully saturated rings. The van der Waals surface area contributed by atoms with E-state index in [0.29, 0.717) is 0 Å². The van der Waals surface area contributed by atoms with Crippen LogP contribution in [0.2, 0.25) is 0 Å². The normalized spacial score (nSPS) is 11.7. The summed E-state index contributed by atoms with van der Waals surface area (Å²) >= 11 is 0. The lowest BCUT2D eigenvalue weighted by molar-refractivity contribution is -0.891. The maximum Gasteiger partial charge on any atom is 0.102 e. The van der Waals surface area contributed by atoms with Crippen molar-refractivity contribution in [1.29, 1.82) is 0 Å². The van der Waals surface area contributed by atoms with Gasteiger partial charge in [0, 0.05) is 0 Å². The van der Waals surface area contributed by atoms with Gasteiger partial charge < -0.3 is 44.0 Å². The van der Waals surface area contributed by atoms with Crippen molar-refractivity contribution in [2.24, 2.45) is 0 Å². The summed E-state index contributed by atoms with van der Waals surface area (Å²) in [6.45, 7) is 4.55. The molecule has 0 rings (SSSR count). The minimum atomic E-state index is 0. The molecule has 0 aliphatic carbocycles. The smallest absolute Gasteiger partial charge is 0.102 e. The Morgan fingerprint density at radius 2 is 0.850 bits per heavy atom. The number of likely N-dealkylation sites (N-methyl/N-ethyl adjacent to an activating group) is 2. The van der Waals surface area contributed by atoms with Gasteiger partial charge in [-0.2, -0.15) is 0 Å². The van der Waals surface area contributed by atoms with Crippen molar-refractivity contribution in [1.82, 2.24) is 0 Å². The Labute approximate surface area is 137 Å². The number of hydrogen-bond acceptors (Lipinski definition) is 2. The summed E-state index contributed by atoms with van der Waals surface area (Å²) in [5.74, 6) is 0. The molecule has 0 aliphatic heterocycles. The van der Waals surface area contributed by atoms with Gasteiger partial charge in [-0.3, -0.25) is 0 Å². The third kappa shape index (κ3) is 14.8. The molecule has 0 aliphatic rings. The van der Waals surface area contributed by atoms with Crippen LogP contribution in [-0.2, 0) is 0 Å². The van der Waals surface area contributed by atoms with Gasteiger partial charge in [-0.1, -0.05) is 0 Å². The number of unbranched alkanes of at least 4 members (excludes halogenated alkanes) is 3. The lowest BCUT2D eigenvalue weighted by Gasteiger charge is -2.30. The van der Waals surface area contributed by atoms with Gasteiger partial charge in [-0.15, -0.1) is 0 Å². The summed E-state index contributed by atoms with van der Waals surface area (Å²) in [6.07, 6.45) is 5.01. The van der Waals surface area contributed by atoms with Gasteiger partial charge in [-0.05, 0) is 25.7 Å². The van der Waals surface area contributed by atoms with Crippen molar-refractivity contribution < 1.29 is 44.0 Å². The Hall–Kier alpha value is 0.420. The molecule has 0 bridgehead atoms. The Balaban J connectivity index is -0.00000144. The van der Waals surface area contributed by atoms with Crippen LogP contribution < -0.4 is 24.8 Å². The predicted octanol–water partition coefficient (Wildman–Crippen LogP) is -5.31. The monoisotopic (exact) mass is 332 g/mol. The van der Waals surface area contributed by atoms with Crippen LogP contribution in [0.1, 0.15) is 25.7 Å². The highest BCUT2D eigenvalue weighted by molar-refractivity contribution is 4.44. The summed E-state index contributed by atoms with van der Waals surface area (Å²) in [6, 6.07) is 0. The van der Waals surface area contributed by atoms with Crippen molar-refractivity contribution in [3.05, 3.63) is 0 Å². The van der Waals surface area contributed by atoms with Crippen LogP contribution in [0.5, 0.6) is 0 Å². The first-order valence-electron chi connectivity index (χ1n) is 7.19. The lowest BCUT2D eigenvalue weighted by atomic mass is 10.1. The molecule has 0 radical (unpaired) electrons. The van der Waals surface area contributed by atoms with Crippen molar-refractivity contribution in [2.75, 3.05) is 67.6 Å². The average molecular weight is 333 g/mol. The SMILES string of the molecule is C[N+](C)(CCO)CCCCCC[N+](C)(C)CCO.[Cl-].[Cl-]. The van der Waals surface area contributed by atoms with Gasteiger partial charge >= 0.3 is 0 Å². The summed E-state index contributed by atoms with van der Waals surface area (Å²) in [4.78, 5) is 0. The van der Waals surface area contributed by atoms with Crippen molar-refractivity contribution in [3.63, 3.8) is 0 Å². The van der Waals surface area contributed by atoms with E-state index in [1.165, 1.54) is 25.7 Å². The number of nitrogens with zero attached hydrogens (tertiary/aromatic N) is 2. The fraction of sp³-hybridized carbons (Fsp3) is 1.00. The second kappa shape index (κ2) is 13.1. The molecular formula is C14H34Cl2N2O2. The molecule has 6 heteroatoms. The van der Waals surface area contributed by atoms with E-state index < -0.39 is 0 Å². The van der Waals surface area contributed by atoms with Crippen molar-refractivity contribution in [2.45, 2.75) is 25.7 Å². The molecule has 2 N–H and O–H groups in total. The fourth-order valence-electron chi connectivity index (χ4n) is 2.20. The molecule has 0 heterocycles. The number of halogens is 2. The van der Waals surface area contributed by atoms with E-state index in [0.717, 1.165) is 35.1 Å². The molecule has 126 valence electrons. The maximum absolute atomic E-state index is 8.94. The summed E-state index contributed by atoms with van der Waals surface area (Å²) in [7, 11) is 8.71. The topological polar surface area (TPSA) is 40.5 Å². The predicted molar refractivity (Wildman–Crippen MR) is 76.3 cm³/mol. The van der Waals surface area contributed by atoms with Gasteiger partial charge in [0.1, 0.15) is 13.1 Å². The fourth-order valence-corrected chi connectivity index (χ4v) is 2.20.